The van der Waals surface area contributed by atoms with Crippen LogP contribution in [0.2, 0.25) is 0 Å². The second kappa shape index (κ2) is 8.86. The molecule has 0 aliphatic rings. The number of imidazole rings is 1. The molecule has 0 saturated heterocycles. The van der Waals surface area contributed by atoms with Crippen molar-refractivity contribution in [2.24, 2.45) is 0 Å². The van der Waals surface area contributed by atoms with E-state index in [1.807, 2.05) is 28.8 Å². The number of hydrogen-bond acceptors (Lipinski definition) is 4. The highest BCUT2D eigenvalue weighted by Crippen LogP contribution is 2.18. The summed E-state index contributed by atoms with van der Waals surface area (Å²) in [4.78, 5) is 27.3. The third-order valence-electron chi connectivity index (χ3n) is 3.81. The van der Waals surface area contributed by atoms with Crippen molar-refractivity contribution in [3.63, 3.8) is 0 Å². The lowest BCUT2D eigenvalue weighted by Crippen LogP contribution is -2.21. The Bertz CT molecular complexity index is 721. The molecule has 128 valence electrons. The Morgan fingerprint density at radius 2 is 2.08 bits per heavy atom. The SMILES string of the molecule is C=CC(=O)NCCCCCc1nc2ccccc2n1CC(=O)OC. The zero-order valence-corrected chi connectivity index (χ0v) is 14.0. The first-order chi connectivity index (χ1) is 11.7. The Balaban J connectivity index is 1.95. The van der Waals surface area contributed by atoms with Gasteiger partial charge in [0.1, 0.15) is 12.4 Å². The van der Waals surface area contributed by atoms with E-state index in [1.54, 1.807) is 0 Å². The topological polar surface area (TPSA) is 73.2 Å². The van der Waals surface area contributed by atoms with Crippen LogP contribution in [0.3, 0.4) is 0 Å². The molecule has 2 aromatic rings. The van der Waals surface area contributed by atoms with Gasteiger partial charge in [0.05, 0.1) is 18.1 Å². The minimum Gasteiger partial charge on any atom is -0.468 e. The molecule has 1 aromatic heterocycles. The fraction of sp³-hybridized carbons (Fsp3) is 0.389. The summed E-state index contributed by atoms with van der Waals surface area (Å²) in [7, 11) is 1.39. The van der Waals surface area contributed by atoms with Crippen molar-refractivity contribution >= 4 is 22.9 Å². The minimum absolute atomic E-state index is 0.144. The van der Waals surface area contributed by atoms with Gasteiger partial charge in [0, 0.05) is 13.0 Å². The molecule has 0 fully saturated rings. The lowest BCUT2D eigenvalue weighted by Gasteiger charge is -2.08. The largest absolute Gasteiger partial charge is 0.468 e. The average Bonchev–Trinajstić information content (AvgIpc) is 2.95. The Morgan fingerprint density at radius 1 is 1.29 bits per heavy atom. The number of aromatic nitrogens is 2. The average molecular weight is 329 g/mol. The van der Waals surface area contributed by atoms with E-state index in [4.69, 9.17) is 4.74 Å². The molecule has 0 bridgehead atoms. The van der Waals surface area contributed by atoms with Gasteiger partial charge in [-0.15, -0.1) is 0 Å². The van der Waals surface area contributed by atoms with Gasteiger partial charge < -0.3 is 14.6 Å². The van der Waals surface area contributed by atoms with Crippen LogP contribution in [-0.4, -0.2) is 35.1 Å². The number of fused-ring (bicyclic) bond motifs is 1. The first kappa shape index (κ1) is 17.7. The second-order valence-corrected chi connectivity index (χ2v) is 5.48. The Labute approximate surface area is 141 Å². The van der Waals surface area contributed by atoms with E-state index in [1.165, 1.54) is 13.2 Å². The molecule has 0 atom stereocenters. The van der Waals surface area contributed by atoms with Crippen LogP contribution in [0.25, 0.3) is 11.0 Å². The lowest BCUT2D eigenvalue weighted by atomic mass is 10.2. The number of unbranched alkanes of at least 4 members (excludes halogenated alkanes) is 2. The molecular weight excluding hydrogens is 306 g/mol. The van der Waals surface area contributed by atoms with E-state index in [9.17, 15) is 9.59 Å². The molecule has 24 heavy (non-hydrogen) atoms. The maximum absolute atomic E-state index is 11.7. The number of carbonyl (C=O) groups excluding carboxylic acids is 2. The number of carbonyl (C=O) groups is 2. The third-order valence-corrected chi connectivity index (χ3v) is 3.81. The normalized spacial score (nSPS) is 10.5. The zero-order valence-electron chi connectivity index (χ0n) is 14.0. The van der Waals surface area contributed by atoms with Gasteiger partial charge in [-0.3, -0.25) is 9.59 Å². The van der Waals surface area contributed by atoms with Gasteiger partial charge in [0.2, 0.25) is 5.91 Å². The summed E-state index contributed by atoms with van der Waals surface area (Å²) in [5.41, 5.74) is 1.82. The molecule has 0 saturated carbocycles. The van der Waals surface area contributed by atoms with Crippen molar-refractivity contribution < 1.29 is 14.3 Å². The summed E-state index contributed by atoms with van der Waals surface area (Å²) in [5.74, 6) is 0.457. The van der Waals surface area contributed by atoms with Crippen LogP contribution >= 0.6 is 0 Å². The summed E-state index contributed by atoms with van der Waals surface area (Å²) >= 11 is 0. The summed E-state index contributed by atoms with van der Waals surface area (Å²) in [6.45, 7) is 4.23. The number of rotatable bonds is 9. The first-order valence-corrected chi connectivity index (χ1v) is 8.07. The smallest absolute Gasteiger partial charge is 0.325 e. The maximum atomic E-state index is 11.7. The van der Waals surface area contributed by atoms with Gasteiger partial charge >= 0.3 is 5.97 Å². The van der Waals surface area contributed by atoms with Gasteiger partial charge in [-0.25, -0.2) is 4.98 Å². The number of hydrogen-bond donors (Lipinski definition) is 1. The van der Waals surface area contributed by atoms with E-state index in [0.717, 1.165) is 42.5 Å². The molecule has 6 nitrogen and oxygen atoms in total. The third kappa shape index (κ3) is 4.68. The van der Waals surface area contributed by atoms with Crippen molar-refractivity contribution in [3.8, 4) is 0 Å². The summed E-state index contributed by atoms with van der Waals surface area (Å²) < 4.78 is 6.70. The fourth-order valence-electron chi connectivity index (χ4n) is 2.55. The molecule has 0 unspecified atom stereocenters. The molecule has 1 aromatic carbocycles. The standard InChI is InChI=1S/C18H23N3O3/c1-3-17(22)19-12-8-4-5-11-16-20-14-9-6-7-10-15(14)21(16)13-18(23)24-2/h3,6-7,9-10H,1,4-5,8,11-13H2,2H3,(H,19,22). The Kier molecular flexibility index (Phi) is 6.54. The molecule has 0 aliphatic carbocycles. The van der Waals surface area contributed by atoms with Crippen molar-refractivity contribution in [2.75, 3.05) is 13.7 Å². The fourth-order valence-corrected chi connectivity index (χ4v) is 2.55. The minimum atomic E-state index is -0.286. The summed E-state index contributed by atoms with van der Waals surface area (Å²) in [5, 5.41) is 2.76. The maximum Gasteiger partial charge on any atom is 0.325 e. The van der Waals surface area contributed by atoms with Gasteiger partial charge in [0.25, 0.3) is 0 Å². The van der Waals surface area contributed by atoms with Crippen molar-refractivity contribution in [1.29, 1.82) is 0 Å². The van der Waals surface area contributed by atoms with Gasteiger partial charge in [-0.1, -0.05) is 25.1 Å². The van der Waals surface area contributed by atoms with Crippen LogP contribution in [0.15, 0.2) is 36.9 Å². The number of nitrogens with zero attached hydrogens (tertiary/aromatic N) is 2. The highest BCUT2D eigenvalue weighted by atomic mass is 16.5. The highest BCUT2D eigenvalue weighted by Gasteiger charge is 2.13. The van der Waals surface area contributed by atoms with Crippen molar-refractivity contribution in [1.82, 2.24) is 14.9 Å². The quantitative estimate of drug-likeness (QED) is 0.435. The molecule has 6 heteroatoms. The number of benzene rings is 1. The predicted molar refractivity (Wildman–Crippen MR) is 92.5 cm³/mol. The summed E-state index contributed by atoms with van der Waals surface area (Å²) in [6.07, 6.45) is 4.86. The first-order valence-electron chi connectivity index (χ1n) is 8.07. The monoisotopic (exact) mass is 329 g/mol. The molecule has 1 heterocycles. The van der Waals surface area contributed by atoms with E-state index in [-0.39, 0.29) is 18.4 Å². The predicted octanol–water partition coefficient (Wildman–Crippen LogP) is 2.22. The van der Waals surface area contributed by atoms with Crippen molar-refractivity contribution in [2.45, 2.75) is 32.2 Å². The van der Waals surface area contributed by atoms with E-state index < -0.39 is 0 Å². The van der Waals surface area contributed by atoms with Crippen molar-refractivity contribution in [3.05, 3.63) is 42.7 Å². The van der Waals surface area contributed by atoms with E-state index in [0.29, 0.717) is 6.54 Å². The van der Waals surface area contributed by atoms with E-state index in [2.05, 4.69) is 16.9 Å². The van der Waals surface area contributed by atoms with Crippen LogP contribution in [0, 0.1) is 0 Å². The molecule has 2 rings (SSSR count). The van der Waals surface area contributed by atoms with Gasteiger partial charge in [-0.2, -0.15) is 0 Å². The van der Waals surface area contributed by atoms with Gasteiger partial charge in [0.15, 0.2) is 0 Å². The zero-order chi connectivity index (χ0) is 17.4. The number of para-hydroxylation sites is 2. The van der Waals surface area contributed by atoms with E-state index >= 15 is 0 Å². The Hall–Kier alpha value is -2.63. The van der Waals surface area contributed by atoms with Crippen LogP contribution in [-0.2, 0) is 27.3 Å². The number of ether oxygens (including phenoxy) is 1. The number of nitrogens with one attached hydrogen (secondary N) is 1. The number of aryl methyl sites for hydroxylation is 1. The Morgan fingerprint density at radius 3 is 2.83 bits per heavy atom. The summed E-state index contributed by atoms with van der Waals surface area (Å²) in [6, 6.07) is 7.77. The highest BCUT2D eigenvalue weighted by molar-refractivity contribution is 5.86. The van der Waals surface area contributed by atoms with Gasteiger partial charge in [-0.05, 0) is 31.1 Å². The number of methoxy groups -OCH3 is 1. The number of amides is 1. The molecule has 1 amide bonds. The van der Waals surface area contributed by atoms with Crippen LogP contribution in [0.1, 0.15) is 25.1 Å². The molecule has 0 spiro atoms. The lowest BCUT2D eigenvalue weighted by molar-refractivity contribution is -0.141. The van der Waals surface area contributed by atoms with Crippen LogP contribution in [0.5, 0.6) is 0 Å². The molecule has 1 N–H and O–H groups in total. The molecular formula is C18H23N3O3. The second-order valence-electron chi connectivity index (χ2n) is 5.48. The van der Waals surface area contributed by atoms with Crippen LogP contribution < -0.4 is 5.32 Å². The molecule has 0 radical (unpaired) electrons. The number of esters is 1. The van der Waals surface area contributed by atoms with Crippen LogP contribution in [0.4, 0.5) is 0 Å². The molecule has 0 aliphatic heterocycles.